The molecule has 1 heterocycles. The Balaban J connectivity index is 1.37. The Hall–Kier alpha value is -3.86. The molecule has 4 aromatic rings. The van der Waals surface area contributed by atoms with Crippen LogP contribution in [0.25, 0.3) is 10.8 Å². The van der Waals surface area contributed by atoms with Gasteiger partial charge in [-0.3, -0.25) is 9.78 Å². The van der Waals surface area contributed by atoms with Crippen molar-refractivity contribution in [1.29, 1.82) is 0 Å². The van der Waals surface area contributed by atoms with Gasteiger partial charge in [-0.2, -0.15) is 0 Å². The first kappa shape index (κ1) is 17.5. The molecule has 1 N–H and O–H groups in total. The molecule has 1 amide bonds. The molecule has 0 aliphatic rings. The fourth-order valence-electron chi connectivity index (χ4n) is 2.78. The molecular formula is C23H18N2O3. The summed E-state index contributed by atoms with van der Waals surface area (Å²) in [7, 11) is 0. The van der Waals surface area contributed by atoms with Crippen LogP contribution in [0.2, 0.25) is 0 Å². The summed E-state index contributed by atoms with van der Waals surface area (Å²) in [6, 6.07) is 24.2. The van der Waals surface area contributed by atoms with Crippen molar-refractivity contribution in [2.45, 2.75) is 0 Å². The van der Waals surface area contributed by atoms with Crippen LogP contribution in [0, 0.1) is 0 Å². The van der Waals surface area contributed by atoms with Gasteiger partial charge in [0.1, 0.15) is 17.2 Å². The molecule has 0 saturated heterocycles. The summed E-state index contributed by atoms with van der Waals surface area (Å²) in [6.07, 6.45) is 3.55. The van der Waals surface area contributed by atoms with Crippen molar-refractivity contribution >= 4 is 22.4 Å². The largest absolute Gasteiger partial charge is 0.484 e. The third-order valence-electron chi connectivity index (χ3n) is 4.12. The number of nitrogens with zero attached hydrogens (tertiary/aromatic N) is 1. The summed E-state index contributed by atoms with van der Waals surface area (Å²) < 4.78 is 11.4. The summed E-state index contributed by atoms with van der Waals surface area (Å²) in [4.78, 5) is 16.2. The maximum atomic E-state index is 12.0. The smallest absolute Gasteiger partial charge is 0.262 e. The fraction of sp³-hybridized carbons (Fsp3) is 0.0435. The second-order valence-electron chi connectivity index (χ2n) is 6.13. The number of amides is 1. The van der Waals surface area contributed by atoms with Crippen LogP contribution in [-0.4, -0.2) is 17.5 Å². The van der Waals surface area contributed by atoms with E-state index in [4.69, 9.17) is 9.47 Å². The van der Waals surface area contributed by atoms with Crippen LogP contribution in [0.5, 0.6) is 17.2 Å². The monoisotopic (exact) mass is 370 g/mol. The van der Waals surface area contributed by atoms with Crippen molar-refractivity contribution in [2.75, 3.05) is 11.9 Å². The molecule has 0 fully saturated rings. The standard InChI is InChI=1S/C23H18N2O3/c26-23(16-27-19-6-2-1-3-7-19)25-18-9-11-20(12-10-18)28-22-8-4-5-17-15-24-14-13-21(17)22/h1-15H,16H2,(H,25,26). The number of ether oxygens (including phenoxy) is 2. The second-order valence-corrected chi connectivity index (χ2v) is 6.13. The fourth-order valence-corrected chi connectivity index (χ4v) is 2.78. The maximum Gasteiger partial charge on any atom is 0.262 e. The lowest BCUT2D eigenvalue weighted by atomic mass is 10.1. The number of hydrogen-bond donors (Lipinski definition) is 1. The van der Waals surface area contributed by atoms with Crippen molar-refractivity contribution < 1.29 is 14.3 Å². The number of carbonyl (C=O) groups is 1. The molecule has 1 aromatic heterocycles. The number of rotatable bonds is 6. The van der Waals surface area contributed by atoms with Gasteiger partial charge in [-0.1, -0.05) is 30.3 Å². The minimum atomic E-state index is -0.223. The van der Waals surface area contributed by atoms with Gasteiger partial charge < -0.3 is 14.8 Å². The molecule has 0 bridgehead atoms. The molecule has 0 saturated carbocycles. The molecule has 0 atom stereocenters. The van der Waals surface area contributed by atoms with Crippen LogP contribution in [0.3, 0.4) is 0 Å². The summed E-state index contributed by atoms with van der Waals surface area (Å²) in [6.45, 7) is -0.0493. The Bertz CT molecular complexity index is 1070. The van der Waals surface area contributed by atoms with E-state index < -0.39 is 0 Å². The summed E-state index contributed by atoms with van der Waals surface area (Å²) >= 11 is 0. The molecule has 0 aliphatic heterocycles. The van der Waals surface area contributed by atoms with E-state index in [0.29, 0.717) is 17.2 Å². The van der Waals surface area contributed by atoms with Crippen molar-refractivity contribution in [3.05, 3.63) is 91.3 Å². The number of pyridine rings is 1. The van der Waals surface area contributed by atoms with Gasteiger partial charge in [0, 0.05) is 28.9 Å². The molecule has 5 heteroatoms. The molecular weight excluding hydrogens is 352 g/mol. The predicted octanol–water partition coefficient (Wildman–Crippen LogP) is 5.04. The average molecular weight is 370 g/mol. The third-order valence-corrected chi connectivity index (χ3v) is 4.12. The van der Waals surface area contributed by atoms with E-state index in [1.165, 1.54) is 0 Å². The summed E-state index contributed by atoms with van der Waals surface area (Å²) in [5.41, 5.74) is 0.677. The molecule has 4 rings (SSSR count). The van der Waals surface area contributed by atoms with Gasteiger partial charge in [-0.25, -0.2) is 0 Å². The predicted molar refractivity (Wildman–Crippen MR) is 109 cm³/mol. The van der Waals surface area contributed by atoms with E-state index in [1.807, 2.05) is 66.7 Å². The van der Waals surface area contributed by atoms with E-state index in [9.17, 15) is 4.79 Å². The van der Waals surface area contributed by atoms with Gasteiger partial charge in [0.25, 0.3) is 5.91 Å². The van der Waals surface area contributed by atoms with Crippen molar-refractivity contribution in [3.8, 4) is 17.2 Å². The van der Waals surface area contributed by atoms with Crippen LogP contribution >= 0.6 is 0 Å². The Morgan fingerprint density at radius 3 is 2.50 bits per heavy atom. The molecule has 138 valence electrons. The third kappa shape index (κ3) is 4.27. The van der Waals surface area contributed by atoms with E-state index in [1.54, 1.807) is 24.5 Å². The summed E-state index contributed by atoms with van der Waals surface area (Å²) in [5, 5.41) is 4.81. The number of aromatic nitrogens is 1. The zero-order chi connectivity index (χ0) is 19.2. The minimum Gasteiger partial charge on any atom is -0.484 e. The van der Waals surface area contributed by atoms with E-state index in [2.05, 4.69) is 10.3 Å². The number of para-hydroxylation sites is 1. The van der Waals surface area contributed by atoms with Gasteiger partial charge in [0.2, 0.25) is 0 Å². The van der Waals surface area contributed by atoms with Crippen LogP contribution in [-0.2, 0) is 4.79 Å². The zero-order valence-electron chi connectivity index (χ0n) is 15.0. The molecule has 0 spiro atoms. The highest BCUT2D eigenvalue weighted by atomic mass is 16.5. The number of nitrogens with one attached hydrogen (secondary N) is 1. The number of hydrogen-bond acceptors (Lipinski definition) is 4. The Morgan fingerprint density at radius 1 is 0.857 bits per heavy atom. The van der Waals surface area contributed by atoms with Crippen LogP contribution < -0.4 is 14.8 Å². The minimum absolute atomic E-state index is 0.0493. The number of benzene rings is 3. The number of fused-ring (bicyclic) bond motifs is 1. The molecule has 0 unspecified atom stereocenters. The molecule has 0 radical (unpaired) electrons. The number of carbonyl (C=O) groups excluding carboxylic acids is 1. The Morgan fingerprint density at radius 2 is 1.68 bits per heavy atom. The van der Waals surface area contributed by atoms with Gasteiger partial charge in [0.05, 0.1) is 0 Å². The lowest BCUT2D eigenvalue weighted by Crippen LogP contribution is -2.20. The second kappa shape index (κ2) is 8.22. The van der Waals surface area contributed by atoms with E-state index >= 15 is 0 Å². The first-order chi connectivity index (χ1) is 13.8. The average Bonchev–Trinajstić information content (AvgIpc) is 2.75. The highest BCUT2D eigenvalue weighted by Gasteiger charge is 2.06. The molecule has 3 aromatic carbocycles. The normalized spacial score (nSPS) is 10.4. The van der Waals surface area contributed by atoms with Crippen molar-refractivity contribution in [2.24, 2.45) is 0 Å². The molecule has 0 aliphatic carbocycles. The van der Waals surface area contributed by atoms with Gasteiger partial charge in [-0.15, -0.1) is 0 Å². The van der Waals surface area contributed by atoms with Crippen LogP contribution in [0.1, 0.15) is 0 Å². The van der Waals surface area contributed by atoms with Crippen molar-refractivity contribution in [1.82, 2.24) is 4.98 Å². The highest BCUT2D eigenvalue weighted by molar-refractivity contribution is 5.92. The van der Waals surface area contributed by atoms with Gasteiger partial charge in [0.15, 0.2) is 6.61 Å². The van der Waals surface area contributed by atoms with E-state index in [-0.39, 0.29) is 12.5 Å². The Kier molecular flexibility index (Phi) is 5.15. The quantitative estimate of drug-likeness (QED) is 0.516. The first-order valence-electron chi connectivity index (χ1n) is 8.86. The van der Waals surface area contributed by atoms with Crippen LogP contribution in [0.15, 0.2) is 91.3 Å². The molecule has 5 nitrogen and oxygen atoms in total. The zero-order valence-corrected chi connectivity index (χ0v) is 15.0. The highest BCUT2D eigenvalue weighted by Crippen LogP contribution is 2.29. The van der Waals surface area contributed by atoms with E-state index in [0.717, 1.165) is 16.5 Å². The first-order valence-corrected chi connectivity index (χ1v) is 8.86. The maximum absolute atomic E-state index is 12.0. The van der Waals surface area contributed by atoms with Crippen LogP contribution in [0.4, 0.5) is 5.69 Å². The number of anilines is 1. The SMILES string of the molecule is O=C(COc1ccccc1)Nc1ccc(Oc2cccc3cnccc23)cc1. The molecule has 28 heavy (non-hydrogen) atoms. The Labute approximate surface area is 162 Å². The summed E-state index contributed by atoms with van der Waals surface area (Å²) in [5.74, 6) is 1.88. The topological polar surface area (TPSA) is 60.5 Å². The van der Waals surface area contributed by atoms with Gasteiger partial charge in [-0.05, 0) is 48.5 Å². The van der Waals surface area contributed by atoms with Crippen molar-refractivity contribution in [3.63, 3.8) is 0 Å². The lowest BCUT2D eigenvalue weighted by molar-refractivity contribution is -0.118. The lowest BCUT2D eigenvalue weighted by Gasteiger charge is -2.10. The van der Waals surface area contributed by atoms with Gasteiger partial charge >= 0.3 is 0 Å².